The van der Waals surface area contributed by atoms with Crippen LogP contribution in [0, 0.1) is 0 Å². The van der Waals surface area contributed by atoms with Gasteiger partial charge in [-0.3, -0.25) is 4.79 Å². The van der Waals surface area contributed by atoms with E-state index in [1.165, 1.54) is 6.92 Å². The van der Waals surface area contributed by atoms with Gasteiger partial charge in [0.05, 0.1) is 13.2 Å². The molecule has 0 aliphatic heterocycles. The number of benzene rings is 1. The van der Waals surface area contributed by atoms with E-state index in [-0.39, 0.29) is 22.0 Å². The number of rotatable bonds is 8. The first kappa shape index (κ1) is 19.1. The van der Waals surface area contributed by atoms with Crippen LogP contribution in [0.3, 0.4) is 0 Å². The molecule has 11 heteroatoms. The Kier molecular flexibility index (Phi) is 6.28. The molecule has 0 aliphatic carbocycles. The lowest BCUT2D eigenvalue weighted by atomic mass is 10.3. The Morgan fingerprint density at radius 2 is 1.88 bits per heavy atom. The van der Waals surface area contributed by atoms with Gasteiger partial charge in [0.2, 0.25) is 15.4 Å². The maximum atomic E-state index is 12.2. The standard InChI is InChI=1S/C14H18N4O5S2/c1-9(8-23-12-6-4-11(22-3)5-7-12)18-25(20,21)14-17-16-13(24-14)15-10(2)19/h4-7,9,18H,8H2,1-3H3,(H,15,16,19)/t9-/m0/s1. The zero-order valence-corrected chi connectivity index (χ0v) is 15.5. The van der Waals surface area contributed by atoms with Crippen molar-refractivity contribution >= 4 is 32.4 Å². The summed E-state index contributed by atoms with van der Waals surface area (Å²) in [5.41, 5.74) is 0. The summed E-state index contributed by atoms with van der Waals surface area (Å²) in [7, 11) is -2.28. The predicted octanol–water partition coefficient (Wildman–Crippen LogP) is 1.25. The first-order valence-corrected chi connectivity index (χ1v) is 9.50. The highest BCUT2D eigenvalue weighted by atomic mass is 32.2. The quantitative estimate of drug-likeness (QED) is 0.655. The van der Waals surface area contributed by atoms with Gasteiger partial charge in [-0.15, -0.1) is 10.2 Å². The molecular formula is C14H18N4O5S2. The van der Waals surface area contributed by atoms with Crippen molar-refractivity contribution in [2.45, 2.75) is 24.2 Å². The highest BCUT2D eigenvalue weighted by molar-refractivity contribution is 7.91. The number of ether oxygens (including phenoxy) is 2. The van der Waals surface area contributed by atoms with Crippen LogP contribution in [0.1, 0.15) is 13.8 Å². The van der Waals surface area contributed by atoms with E-state index < -0.39 is 16.1 Å². The third-order valence-corrected chi connectivity index (χ3v) is 5.63. The number of amides is 1. The Balaban J connectivity index is 1.92. The zero-order valence-electron chi connectivity index (χ0n) is 13.8. The second-order valence-corrected chi connectivity index (χ2v) is 7.93. The van der Waals surface area contributed by atoms with Gasteiger partial charge in [-0.05, 0) is 31.2 Å². The first-order chi connectivity index (χ1) is 11.8. The van der Waals surface area contributed by atoms with E-state index in [2.05, 4.69) is 20.2 Å². The van der Waals surface area contributed by atoms with Crippen LogP contribution in [0.5, 0.6) is 11.5 Å². The molecule has 0 unspecified atom stereocenters. The average Bonchev–Trinajstić information content (AvgIpc) is 3.01. The number of carbonyl (C=O) groups excluding carboxylic acids is 1. The molecule has 2 N–H and O–H groups in total. The molecule has 1 aromatic heterocycles. The number of carbonyl (C=O) groups is 1. The number of nitrogens with zero attached hydrogens (tertiary/aromatic N) is 2. The van der Waals surface area contributed by atoms with Crippen molar-refractivity contribution in [3.63, 3.8) is 0 Å². The van der Waals surface area contributed by atoms with Crippen LogP contribution in [0.4, 0.5) is 5.13 Å². The molecule has 0 bridgehead atoms. The van der Waals surface area contributed by atoms with E-state index in [1.807, 2.05) is 0 Å². The molecule has 0 aliphatic rings. The normalized spacial score (nSPS) is 12.4. The minimum Gasteiger partial charge on any atom is -0.497 e. The van der Waals surface area contributed by atoms with Gasteiger partial charge in [0.25, 0.3) is 10.0 Å². The molecule has 0 spiro atoms. The second-order valence-electron chi connectivity index (χ2n) is 5.06. The third-order valence-electron chi connectivity index (χ3n) is 2.84. The lowest BCUT2D eigenvalue weighted by molar-refractivity contribution is -0.114. The van der Waals surface area contributed by atoms with Crippen LogP contribution in [-0.2, 0) is 14.8 Å². The van der Waals surface area contributed by atoms with Crippen LogP contribution in [-0.4, -0.2) is 44.3 Å². The average molecular weight is 386 g/mol. The van der Waals surface area contributed by atoms with E-state index in [9.17, 15) is 13.2 Å². The van der Waals surface area contributed by atoms with Crippen LogP contribution >= 0.6 is 11.3 Å². The number of hydrogen-bond acceptors (Lipinski definition) is 8. The van der Waals surface area contributed by atoms with Gasteiger partial charge in [0.1, 0.15) is 18.1 Å². The largest absolute Gasteiger partial charge is 0.497 e. The predicted molar refractivity (Wildman–Crippen MR) is 92.5 cm³/mol. The Bertz CT molecular complexity index is 820. The number of nitrogens with one attached hydrogen (secondary N) is 2. The molecule has 1 aromatic carbocycles. The molecule has 0 saturated carbocycles. The molecule has 0 fully saturated rings. The van der Waals surface area contributed by atoms with Crippen molar-refractivity contribution in [2.75, 3.05) is 19.0 Å². The molecule has 1 heterocycles. The van der Waals surface area contributed by atoms with Gasteiger partial charge < -0.3 is 14.8 Å². The minimum atomic E-state index is -3.85. The Morgan fingerprint density at radius 1 is 1.24 bits per heavy atom. The lowest BCUT2D eigenvalue weighted by Gasteiger charge is -2.14. The molecule has 1 amide bonds. The summed E-state index contributed by atoms with van der Waals surface area (Å²) < 4.78 is 37.3. The first-order valence-electron chi connectivity index (χ1n) is 7.20. The molecule has 1 atom stereocenters. The Labute approximate surface area is 149 Å². The van der Waals surface area contributed by atoms with E-state index >= 15 is 0 Å². The maximum absolute atomic E-state index is 12.2. The summed E-state index contributed by atoms with van der Waals surface area (Å²) in [6, 6.07) is 6.44. The summed E-state index contributed by atoms with van der Waals surface area (Å²) >= 11 is 0.769. The lowest BCUT2D eigenvalue weighted by Crippen LogP contribution is -2.36. The molecule has 2 rings (SSSR count). The van der Waals surface area contributed by atoms with Crippen LogP contribution in [0.15, 0.2) is 28.6 Å². The van der Waals surface area contributed by atoms with Gasteiger partial charge in [-0.2, -0.15) is 0 Å². The second kappa shape index (κ2) is 8.23. The molecule has 0 radical (unpaired) electrons. The van der Waals surface area contributed by atoms with Crippen molar-refractivity contribution in [3.05, 3.63) is 24.3 Å². The van der Waals surface area contributed by atoms with E-state index in [0.717, 1.165) is 11.3 Å². The molecule has 25 heavy (non-hydrogen) atoms. The molecule has 0 saturated heterocycles. The number of aromatic nitrogens is 2. The molecule has 136 valence electrons. The summed E-state index contributed by atoms with van der Waals surface area (Å²) in [4.78, 5) is 10.9. The van der Waals surface area contributed by atoms with Crippen LogP contribution in [0.25, 0.3) is 0 Å². The Morgan fingerprint density at radius 3 is 2.48 bits per heavy atom. The highest BCUT2D eigenvalue weighted by Gasteiger charge is 2.23. The summed E-state index contributed by atoms with van der Waals surface area (Å²) in [6.07, 6.45) is 0. The fourth-order valence-corrected chi connectivity index (χ4v) is 3.95. The van der Waals surface area contributed by atoms with Gasteiger partial charge in [-0.1, -0.05) is 11.3 Å². The van der Waals surface area contributed by atoms with E-state index in [4.69, 9.17) is 9.47 Å². The molecule has 2 aromatic rings. The topological polar surface area (TPSA) is 120 Å². The Hall–Kier alpha value is -2.24. The number of sulfonamides is 1. The van der Waals surface area contributed by atoms with Gasteiger partial charge in [-0.25, -0.2) is 13.1 Å². The van der Waals surface area contributed by atoms with Gasteiger partial charge in [0, 0.05) is 6.92 Å². The van der Waals surface area contributed by atoms with Crippen LogP contribution in [0.2, 0.25) is 0 Å². The van der Waals surface area contributed by atoms with Crippen molar-refractivity contribution in [3.8, 4) is 11.5 Å². The van der Waals surface area contributed by atoms with E-state index in [0.29, 0.717) is 11.5 Å². The summed E-state index contributed by atoms with van der Waals surface area (Å²) in [5.74, 6) is 0.942. The molecule has 9 nitrogen and oxygen atoms in total. The van der Waals surface area contributed by atoms with Gasteiger partial charge in [0.15, 0.2) is 0 Å². The fraction of sp³-hybridized carbons (Fsp3) is 0.357. The van der Waals surface area contributed by atoms with Gasteiger partial charge >= 0.3 is 0 Å². The highest BCUT2D eigenvalue weighted by Crippen LogP contribution is 2.20. The third kappa shape index (κ3) is 5.66. The van der Waals surface area contributed by atoms with Crippen molar-refractivity contribution in [2.24, 2.45) is 0 Å². The minimum absolute atomic E-state index is 0.120. The van der Waals surface area contributed by atoms with Crippen LogP contribution < -0.4 is 19.5 Å². The SMILES string of the molecule is COc1ccc(OC[C@H](C)NS(=O)(=O)c2nnc(NC(C)=O)s2)cc1. The van der Waals surface area contributed by atoms with Crippen molar-refractivity contribution in [1.29, 1.82) is 0 Å². The fourth-order valence-electron chi connectivity index (χ4n) is 1.76. The maximum Gasteiger partial charge on any atom is 0.270 e. The zero-order chi connectivity index (χ0) is 18.4. The monoisotopic (exact) mass is 386 g/mol. The number of anilines is 1. The van der Waals surface area contributed by atoms with Crippen molar-refractivity contribution < 1.29 is 22.7 Å². The van der Waals surface area contributed by atoms with Crippen molar-refractivity contribution in [1.82, 2.24) is 14.9 Å². The summed E-state index contributed by atoms with van der Waals surface area (Å²) in [5, 5.41) is 9.70. The number of hydrogen-bond donors (Lipinski definition) is 2. The molecular weight excluding hydrogens is 368 g/mol. The smallest absolute Gasteiger partial charge is 0.270 e. The number of methoxy groups -OCH3 is 1. The summed E-state index contributed by atoms with van der Waals surface area (Å²) in [6.45, 7) is 3.09. The van der Waals surface area contributed by atoms with E-state index in [1.54, 1.807) is 38.3 Å².